The van der Waals surface area contributed by atoms with Crippen LogP contribution in [0.3, 0.4) is 0 Å². The van der Waals surface area contributed by atoms with Crippen molar-refractivity contribution in [1.29, 1.82) is 5.26 Å². The van der Waals surface area contributed by atoms with Crippen LogP contribution < -0.4 is 10.3 Å². The molecule has 0 spiro atoms. The molecule has 2 amide bonds. The molecule has 2 N–H and O–H groups in total. The first-order valence-corrected chi connectivity index (χ1v) is 17.5. The van der Waals surface area contributed by atoms with Gasteiger partial charge in [-0.05, 0) is 48.7 Å². The van der Waals surface area contributed by atoms with E-state index in [-0.39, 0.29) is 29.3 Å². The molecule has 10 heteroatoms. The Morgan fingerprint density at radius 2 is 1.52 bits per heavy atom. The fourth-order valence-electron chi connectivity index (χ4n) is 5.43. The van der Waals surface area contributed by atoms with Crippen LogP contribution in [0.2, 0.25) is 0 Å². The molecule has 0 radical (unpaired) electrons. The SMILES string of the molecule is CCCCCCCCCCCCCCCC(=O)Nc1ccc(C2=NN(c3cccc(S(=O)(=O)O)c3)C(=O)[C@H]2CCC#N)cc1. The average molecular weight is 623 g/mol. The van der Waals surface area contributed by atoms with Gasteiger partial charge < -0.3 is 5.32 Å². The Bertz CT molecular complexity index is 1400. The van der Waals surface area contributed by atoms with E-state index in [0.717, 1.165) is 24.3 Å². The molecule has 238 valence electrons. The van der Waals surface area contributed by atoms with Gasteiger partial charge in [-0.3, -0.25) is 14.1 Å². The van der Waals surface area contributed by atoms with Gasteiger partial charge in [-0.2, -0.15) is 23.8 Å². The third kappa shape index (κ3) is 11.2. The Morgan fingerprint density at radius 3 is 2.09 bits per heavy atom. The number of hydrazone groups is 1. The molecule has 0 bridgehead atoms. The minimum absolute atomic E-state index is 0.0361. The molecule has 9 nitrogen and oxygen atoms in total. The van der Waals surface area contributed by atoms with Crippen molar-refractivity contribution < 1.29 is 22.6 Å². The molecule has 2 aromatic rings. The largest absolute Gasteiger partial charge is 0.326 e. The molecule has 1 heterocycles. The summed E-state index contributed by atoms with van der Waals surface area (Å²) in [6.45, 7) is 2.25. The van der Waals surface area contributed by atoms with Crippen LogP contribution in [-0.2, 0) is 19.7 Å². The van der Waals surface area contributed by atoms with Crippen LogP contribution in [0.4, 0.5) is 11.4 Å². The molecule has 3 rings (SSSR count). The van der Waals surface area contributed by atoms with Gasteiger partial charge in [0.05, 0.1) is 28.3 Å². The van der Waals surface area contributed by atoms with Crippen molar-refractivity contribution >= 4 is 39.0 Å². The zero-order valence-corrected chi connectivity index (χ0v) is 26.7. The number of carbonyl (C=O) groups excluding carboxylic acids is 2. The van der Waals surface area contributed by atoms with Gasteiger partial charge in [0, 0.05) is 18.5 Å². The number of rotatable bonds is 20. The highest BCUT2D eigenvalue weighted by Gasteiger charge is 2.37. The van der Waals surface area contributed by atoms with E-state index >= 15 is 0 Å². The minimum Gasteiger partial charge on any atom is -0.326 e. The lowest BCUT2D eigenvalue weighted by Gasteiger charge is -2.14. The zero-order chi connectivity index (χ0) is 31.8. The van der Waals surface area contributed by atoms with E-state index in [9.17, 15) is 22.6 Å². The number of nitriles is 1. The Labute approximate surface area is 262 Å². The molecule has 0 unspecified atom stereocenters. The topological polar surface area (TPSA) is 140 Å². The first-order valence-electron chi connectivity index (χ1n) is 16.0. The Balaban J connectivity index is 1.47. The number of anilines is 2. The van der Waals surface area contributed by atoms with Crippen molar-refractivity contribution in [1.82, 2.24) is 0 Å². The number of amides is 2. The summed E-state index contributed by atoms with van der Waals surface area (Å²) in [4.78, 5) is 25.4. The van der Waals surface area contributed by atoms with Crippen LogP contribution >= 0.6 is 0 Å². The molecule has 0 saturated carbocycles. The van der Waals surface area contributed by atoms with Crippen molar-refractivity contribution in [2.75, 3.05) is 10.3 Å². The van der Waals surface area contributed by atoms with E-state index < -0.39 is 21.9 Å². The van der Waals surface area contributed by atoms with Crippen molar-refractivity contribution in [2.45, 2.75) is 115 Å². The van der Waals surface area contributed by atoms with E-state index in [1.54, 1.807) is 24.3 Å². The summed E-state index contributed by atoms with van der Waals surface area (Å²) < 4.78 is 32.6. The van der Waals surface area contributed by atoms with E-state index in [4.69, 9.17) is 5.26 Å². The quantitative estimate of drug-likeness (QED) is 0.113. The summed E-state index contributed by atoms with van der Waals surface area (Å²) in [7, 11) is -4.46. The van der Waals surface area contributed by atoms with E-state index in [1.807, 2.05) is 0 Å². The third-order valence-corrected chi connectivity index (χ3v) is 8.77. The molecule has 2 aromatic carbocycles. The van der Waals surface area contributed by atoms with Crippen LogP contribution in [0.25, 0.3) is 0 Å². The number of nitrogens with one attached hydrogen (secondary N) is 1. The molecular formula is C34H46N4O5S. The van der Waals surface area contributed by atoms with Gasteiger partial charge in [-0.1, -0.05) is 102 Å². The van der Waals surface area contributed by atoms with Gasteiger partial charge in [-0.15, -0.1) is 0 Å². The molecule has 0 aliphatic carbocycles. The Morgan fingerprint density at radius 1 is 0.932 bits per heavy atom. The number of carbonyl (C=O) groups is 2. The van der Waals surface area contributed by atoms with Crippen molar-refractivity contribution in [3.8, 4) is 6.07 Å². The summed E-state index contributed by atoms with van der Waals surface area (Å²) in [6, 6.07) is 14.5. The normalized spacial score (nSPS) is 14.8. The predicted molar refractivity (Wildman–Crippen MR) is 174 cm³/mol. The minimum atomic E-state index is -4.46. The van der Waals surface area contributed by atoms with Crippen LogP contribution in [0.5, 0.6) is 0 Å². The second kappa shape index (κ2) is 18.3. The first-order chi connectivity index (χ1) is 21.2. The molecular weight excluding hydrogens is 576 g/mol. The summed E-state index contributed by atoms with van der Waals surface area (Å²) in [5.74, 6) is -1.12. The summed E-state index contributed by atoms with van der Waals surface area (Å²) >= 11 is 0. The van der Waals surface area contributed by atoms with Crippen LogP contribution in [-0.4, -0.2) is 30.5 Å². The Hall–Kier alpha value is -3.55. The second-order valence-electron chi connectivity index (χ2n) is 11.5. The van der Waals surface area contributed by atoms with Gasteiger partial charge in [0.2, 0.25) is 5.91 Å². The summed E-state index contributed by atoms with van der Waals surface area (Å²) in [5, 5.41) is 17.6. The van der Waals surface area contributed by atoms with Crippen molar-refractivity contribution in [3.05, 3.63) is 54.1 Å². The molecule has 0 fully saturated rings. The maximum Gasteiger partial charge on any atom is 0.294 e. The maximum atomic E-state index is 13.3. The number of hydrogen-bond donors (Lipinski definition) is 2. The molecule has 0 saturated heterocycles. The standard InChI is InChI=1S/C34H46N4O5S/c1-2-3-4-5-6-7-8-9-10-11-12-13-14-20-32(39)36-28-23-21-27(22-24-28)33-31(19-16-25-35)34(40)38(37-33)29-17-15-18-30(26-29)44(41,42)43/h15,17-18,21-24,26,31H,2-14,16,19-20H2,1H3,(H,36,39)(H,41,42,43)/t31-/m0/s1. The zero-order valence-electron chi connectivity index (χ0n) is 25.8. The lowest BCUT2D eigenvalue weighted by molar-refractivity contribution is -0.120. The fourth-order valence-corrected chi connectivity index (χ4v) is 5.95. The first kappa shape index (κ1) is 34.9. The van der Waals surface area contributed by atoms with Gasteiger partial charge in [0.25, 0.3) is 16.0 Å². The van der Waals surface area contributed by atoms with Gasteiger partial charge in [0.1, 0.15) is 0 Å². The number of hydrogen-bond acceptors (Lipinski definition) is 6. The highest BCUT2D eigenvalue weighted by Crippen LogP contribution is 2.31. The smallest absolute Gasteiger partial charge is 0.294 e. The predicted octanol–water partition coefficient (Wildman–Crippen LogP) is 8.02. The summed E-state index contributed by atoms with van der Waals surface area (Å²) in [5.41, 5.74) is 1.94. The second-order valence-corrected chi connectivity index (χ2v) is 12.9. The monoisotopic (exact) mass is 622 g/mol. The fraction of sp³-hybridized carbons (Fsp3) is 0.529. The summed E-state index contributed by atoms with van der Waals surface area (Å²) in [6.07, 6.45) is 17.2. The van der Waals surface area contributed by atoms with Gasteiger partial charge >= 0.3 is 0 Å². The third-order valence-electron chi connectivity index (χ3n) is 7.92. The van der Waals surface area contributed by atoms with Gasteiger partial charge in [-0.25, -0.2) is 0 Å². The van der Waals surface area contributed by atoms with Crippen LogP contribution in [0.15, 0.2) is 58.5 Å². The van der Waals surface area contributed by atoms with E-state index in [2.05, 4.69) is 23.4 Å². The van der Waals surface area contributed by atoms with Crippen molar-refractivity contribution in [3.63, 3.8) is 0 Å². The lowest BCUT2D eigenvalue weighted by atomic mass is 9.92. The maximum absolute atomic E-state index is 13.3. The van der Waals surface area contributed by atoms with Gasteiger partial charge in [0.15, 0.2) is 0 Å². The number of unbranched alkanes of at least 4 members (excludes halogenated alkanes) is 12. The molecule has 0 aromatic heterocycles. The average Bonchev–Trinajstić information content (AvgIpc) is 3.34. The van der Waals surface area contributed by atoms with Crippen molar-refractivity contribution in [2.24, 2.45) is 11.0 Å². The molecule has 1 aliphatic rings. The van der Waals surface area contributed by atoms with E-state index in [1.165, 1.54) is 88.5 Å². The highest BCUT2D eigenvalue weighted by atomic mass is 32.2. The Kier molecular flexibility index (Phi) is 14.5. The van der Waals surface area contributed by atoms with Crippen LogP contribution in [0.1, 0.15) is 115 Å². The number of nitrogens with zero attached hydrogens (tertiary/aromatic N) is 3. The molecule has 44 heavy (non-hydrogen) atoms. The number of benzene rings is 2. The molecule has 1 aliphatic heterocycles. The lowest BCUT2D eigenvalue weighted by Crippen LogP contribution is -2.27. The van der Waals surface area contributed by atoms with E-state index in [0.29, 0.717) is 23.4 Å². The highest BCUT2D eigenvalue weighted by molar-refractivity contribution is 7.85. The van der Waals surface area contributed by atoms with Crippen LogP contribution in [0, 0.1) is 17.2 Å². The molecule has 1 atom stereocenters.